The molecule has 0 aromatic carbocycles. The molecule has 6 heteroatoms. The van der Waals surface area contributed by atoms with E-state index < -0.39 is 23.4 Å². The zero-order valence-corrected chi connectivity index (χ0v) is 7.20. The minimum atomic E-state index is -1.36. The Morgan fingerprint density at radius 1 is 1.21 bits per heavy atom. The fraction of sp³-hybridized carbons (Fsp3) is 0.125. The summed E-state index contributed by atoms with van der Waals surface area (Å²) in [5.74, 6) is -3.29. The van der Waals surface area contributed by atoms with Gasteiger partial charge in [-0.05, 0) is 6.92 Å². The van der Waals surface area contributed by atoms with Crippen LogP contribution in [0.5, 0.6) is 0 Å². The van der Waals surface area contributed by atoms with Crippen LogP contribution in [0.2, 0.25) is 0 Å². The molecule has 0 aliphatic heterocycles. The van der Waals surface area contributed by atoms with E-state index in [0.29, 0.717) is 0 Å². The summed E-state index contributed by atoms with van der Waals surface area (Å²) in [4.78, 5) is 34.4. The summed E-state index contributed by atoms with van der Waals surface area (Å²) in [6.07, 6.45) is 0.989. The van der Waals surface area contributed by atoms with Crippen LogP contribution < -0.4 is 0 Å². The number of aromatic carboxylic acids is 2. The quantitative estimate of drug-likeness (QED) is 0.615. The van der Waals surface area contributed by atoms with Crippen LogP contribution >= 0.6 is 0 Å². The third-order valence-electron chi connectivity index (χ3n) is 1.68. The van der Waals surface area contributed by atoms with Gasteiger partial charge in [0.25, 0.3) is 0 Å². The lowest BCUT2D eigenvalue weighted by molar-refractivity contribution is 0.0686. The molecule has 0 bridgehead atoms. The number of nitrogens with one attached hydrogen (secondary N) is 1. The Labute approximate surface area is 78.2 Å². The van der Waals surface area contributed by atoms with Crippen LogP contribution in [0.4, 0.5) is 0 Å². The topological polar surface area (TPSA) is 107 Å². The Morgan fingerprint density at radius 3 is 2.14 bits per heavy atom. The van der Waals surface area contributed by atoms with E-state index in [2.05, 4.69) is 4.98 Å². The molecular weight excluding hydrogens is 190 g/mol. The number of carboxylic acid groups (broad SMARTS) is 2. The normalized spacial score (nSPS) is 9.79. The number of hydrogen-bond acceptors (Lipinski definition) is 3. The van der Waals surface area contributed by atoms with E-state index in [9.17, 15) is 14.4 Å². The van der Waals surface area contributed by atoms with E-state index in [1.807, 2.05) is 0 Å². The first kappa shape index (κ1) is 9.97. The number of ketones is 1. The number of aromatic nitrogens is 1. The lowest BCUT2D eigenvalue weighted by Gasteiger charge is -1.96. The van der Waals surface area contributed by atoms with Crippen molar-refractivity contribution < 1.29 is 24.6 Å². The third kappa shape index (κ3) is 1.49. The Morgan fingerprint density at radius 2 is 1.79 bits per heavy atom. The second-order valence-electron chi connectivity index (χ2n) is 2.62. The molecule has 1 aromatic rings. The zero-order valence-electron chi connectivity index (χ0n) is 7.20. The molecule has 0 amide bonds. The molecule has 0 saturated carbocycles. The first-order valence-corrected chi connectivity index (χ1v) is 3.64. The summed E-state index contributed by atoms with van der Waals surface area (Å²) in [5, 5.41) is 17.3. The van der Waals surface area contributed by atoms with Crippen molar-refractivity contribution in [1.29, 1.82) is 0 Å². The van der Waals surface area contributed by atoms with Gasteiger partial charge in [0.1, 0.15) is 5.69 Å². The summed E-state index contributed by atoms with van der Waals surface area (Å²) >= 11 is 0. The van der Waals surface area contributed by atoms with Gasteiger partial charge in [-0.3, -0.25) is 4.79 Å². The fourth-order valence-corrected chi connectivity index (χ4v) is 1.13. The molecule has 1 rings (SSSR count). The van der Waals surface area contributed by atoms with Crippen LogP contribution in [0.15, 0.2) is 6.20 Å². The van der Waals surface area contributed by atoms with Crippen LogP contribution in [-0.4, -0.2) is 32.9 Å². The van der Waals surface area contributed by atoms with Crippen molar-refractivity contribution in [1.82, 2.24) is 4.98 Å². The Bertz CT molecular complexity index is 386. The van der Waals surface area contributed by atoms with Crippen molar-refractivity contribution in [3.05, 3.63) is 23.0 Å². The van der Waals surface area contributed by atoms with Crippen molar-refractivity contribution >= 4 is 17.7 Å². The number of Topliss-reactive ketones (excluding diaryl/α,β-unsaturated/α-hetero) is 1. The molecule has 0 unspecified atom stereocenters. The number of hydrogen-bond donors (Lipinski definition) is 3. The van der Waals surface area contributed by atoms with E-state index in [-0.39, 0.29) is 11.1 Å². The molecule has 0 aliphatic rings. The minimum absolute atomic E-state index is 0.301. The molecule has 1 heterocycles. The van der Waals surface area contributed by atoms with Crippen molar-refractivity contribution in [2.75, 3.05) is 0 Å². The summed E-state index contributed by atoms with van der Waals surface area (Å²) in [6.45, 7) is 1.11. The molecule has 0 saturated heterocycles. The van der Waals surface area contributed by atoms with Gasteiger partial charge in [0.15, 0.2) is 5.78 Å². The number of rotatable bonds is 3. The van der Waals surface area contributed by atoms with Gasteiger partial charge < -0.3 is 15.2 Å². The number of aromatic amines is 1. The van der Waals surface area contributed by atoms with E-state index in [1.165, 1.54) is 0 Å². The van der Waals surface area contributed by atoms with E-state index in [0.717, 1.165) is 13.1 Å². The average Bonchev–Trinajstić information content (AvgIpc) is 2.46. The van der Waals surface area contributed by atoms with Crippen molar-refractivity contribution in [3.8, 4) is 0 Å². The molecule has 3 N–H and O–H groups in total. The summed E-state index contributed by atoms with van der Waals surface area (Å²) in [7, 11) is 0. The maximum atomic E-state index is 11.0. The Kier molecular flexibility index (Phi) is 2.37. The van der Waals surface area contributed by atoms with Gasteiger partial charge in [-0.15, -0.1) is 0 Å². The van der Waals surface area contributed by atoms with Gasteiger partial charge >= 0.3 is 11.9 Å². The predicted molar refractivity (Wildman–Crippen MR) is 44.7 cm³/mol. The first-order valence-electron chi connectivity index (χ1n) is 3.64. The fourth-order valence-electron chi connectivity index (χ4n) is 1.13. The van der Waals surface area contributed by atoms with Gasteiger partial charge in [0.2, 0.25) is 0 Å². The molecule has 1 aromatic heterocycles. The highest BCUT2D eigenvalue weighted by molar-refractivity contribution is 6.11. The summed E-state index contributed by atoms with van der Waals surface area (Å²) in [6, 6.07) is 0. The zero-order chi connectivity index (χ0) is 10.9. The largest absolute Gasteiger partial charge is 0.478 e. The first-order chi connectivity index (χ1) is 6.45. The van der Waals surface area contributed by atoms with Gasteiger partial charge in [-0.2, -0.15) is 0 Å². The number of carbonyl (C=O) groups excluding carboxylic acids is 1. The maximum Gasteiger partial charge on any atom is 0.353 e. The van der Waals surface area contributed by atoms with Crippen molar-refractivity contribution in [3.63, 3.8) is 0 Å². The number of H-pyrrole nitrogens is 1. The van der Waals surface area contributed by atoms with Crippen LogP contribution in [0.25, 0.3) is 0 Å². The van der Waals surface area contributed by atoms with Gasteiger partial charge in [-0.25, -0.2) is 9.59 Å². The summed E-state index contributed by atoms with van der Waals surface area (Å²) in [5.41, 5.74) is -1.02. The van der Waals surface area contributed by atoms with Crippen molar-refractivity contribution in [2.24, 2.45) is 0 Å². The van der Waals surface area contributed by atoms with Gasteiger partial charge in [0.05, 0.1) is 11.1 Å². The predicted octanol–water partition coefficient (Wildman–Crippen LogP) is 0.614. The molecule has 14 heavy (non-hydrogen) atoms. The molecule has 0 atom stereocenters. The van der Waals surface area contributed by atoms with E-state index in [1.54, 1.807) is 0 Å². The highest BCUT2D eigenvalue weighted by Gasteiger charge is 2.23. The number of carboxylic acids is 2. The van der Waals surface area contributed by atoms with Crippen LogP contribution in [0.3, 0.4) is 0 Å². The molecule has 0 radical (unpaired) electrons. The number of carbonyl (C=O) groups is 3. The van der Waals surface area contributed by atoms with Gasteiger partial charge in [0, 0.05) is 6.20 Å². The SMILES string of the molecule is CC(=O)c1c(C(=O)O)c[nH]c1C(=O)O. The molecule has 0 spiro atoms. The van der Waals surface area contributed by atoms with Crippen molar-refractivity contribution in [2.45, 2.75) is 6.92 Å². The highest BCUT2D eigenvalue weighted by atomic mass is 16.4. The Hall–Kier alpha value is -2.11. The lowest BCUT2D eigenvalue weighted by atomic mass is 10.1. The summed E-state index contributed by atoms with van der Waals surface area (Å²) < 4.78 is 0. The monoisotopic (exact) mass is 197 g/mol. The second-order valence-corrected chi connectivity index (χ2v) is 2.62. The molecule has 6 nitrogen and oxygen atoms in total. The second kappa shape index (κ2) is 3.33. The third-order valence-corrected chi connectivity index (χ3v) is 1.68. The van der Waals surface area contributed by atoms with Crippen LogP contribution in [0.1, 0.15) is 38.1 Å². The highest BCUT2D eigenvalue weighted by Crippen LogP contribution is 2.15. The van der Waals surface area contributed by atoms with Crippen LogP contribution in [-0.2, 0) is 0 Å². The molecule has 0 fully saturated rings. The molecular formula is C8H7NO5. The molecule has 0 aliphatic carbocycles. The van der Waals surface area contributed by atoms with Gasteiger partial charge in [-0.1, -0.05) is 0 Å². The van der Waals surface area contributed by atoms with E-state index >= 15 is 0 Å². The smallest absolute Gasteiger partial charge is 0.353 e. The Balaban J connectivity index is 3.42. The van der Waals surface area contributed by atoms with Crippen LogP contribution in [0, 0.1) is 0 Å². The maximum absolute atomic E-state index is 11.0. The lowest BCUT2D eigenvalue weighted by Crippen LogP contribution is -2.08. The minimum Gasteiger partial charge on any atom is -0.478 e. The average molecular weight is 197 g/mol. The standard InChI is InChI=1S/C8H7NO5/c1-3(10)5-4(7(11)12)2-9-6(5)8(13)14/h2,9H,1H3,(H,11,12)(H,13,14). The molecule has 74 valence electrons. The van der Waals surface area contributed by atoms with E-state index in [4.69, 9.17) is 10.2 Å².